The van der Waals surface area contributed by atoms with Crippen LogP contribution in [0.1, 0.15) is 11.8 Å². The minimum Gasteiger partial charge on any atom is -0.390 e. The number of hydrogen-bond donors (Lipinski definition) is 1. The Kier molecular flexibility index (Phi) is 2.89. The van der Waals surface area contributed by atoms with Crippen LogP contribution in [0.15, 0.2) is 28.1 Å². The highest BCUT2D eigenvalue weighted by molar-refractivity contribution is 7.16. The molecule has 0 radical (unpaired) electrons. The predicted molar refractivity (Wildman–Crippen MR) is 74.7 cm³/mol. The zero-order chi connectivity index (χ0) is 12.5. The van der Waals surface area contributed by atoms with Crippen LogP contribution in [0.25, 0.3) is 22.2 Å². The van der Waals surface area contributed by atoms with Gasteiger partial charge in [0.1, 0.15) is 0 Å². The first-order chi connectivity index (χ1) is 8.78. The van der Waals surface area contributed by atoms with Crippen LogP contribution in [0.2, 0.25) is 0 Å². The molecule has 92 valence electrons. The highest BCUT2D eigenvalue weighted by Crippen LogP contribution is 2.34. The molecule has 3 aromatic rings. The maximum atomic E-state index is 5.97. The standard InChI is InChI=1S/C12H11N3OS2/c1-2-7-6-8(10(13)18-7)12-14-11(15-16-12)9-4-3-5-17-9/h3-6H,2,13H2,1H3. The Morgan fingerprint density at radius 2 is 2.33 bits per heavy atom. The van der Waals surface area contributed by atoms with Gasteiger partial charge < -0.3 is 10.3 Å². The third kappa shape index (κ3) is 1.93. The number of aryl methyl sites for hydroxylation is 1. The Morgan fingerprint density at radius 3 is 3.00 bits per heavy atom. The first-order valence-corrected chi connectivity index (χ1v) is 7.23. The molecule has 3 heterocycles. The molecule has 0 aliphatic carbocycles. The van der Waals surface area contributed by atoms with E-state index in [2.05, 4.69) is 17.1 Å². The normalized spacial score (nSPS) is 10.9. The average molecular weight is 277 g/mol. The van der Waals surface area contributed by atoms with Gasteiger partial charge in [0.05, 0.1) is 15.4 Å². The van der Waals surface area contributed by atoms with Gasteiger partial charge in [-0.05, 0) is 23.9 Å². The average Bonchev–Trinajstić information content (AvgIpc) is 3.08. The second kappa shape index (κ2) is 4.55. The molecule has 3 aromatic heterocycles. The Bertz CT molecular complexity index is 655. The van der Waals surface area contributed by atoms with Gasteiger partial charge >= 0.3 is 0 Å². The van der Waals surface area contributed by atoms with Gasteiger partial charge in [0.15, 0.2) is 0 Å². The Labute approximate surface area is 112 Å². The number of rotatable bonds is 3. The number of hydrogen-bond acceptors (Lipinski definition) is 6. The smallest absolute Gasteiger partial charge is 0.261 e. The van der Waals surface area contributed by atoms with Crippen molar-refractivity contribution in [3.63, 3.8) is 0 Å². The molecule has 0 aromatic carbocycles. The second-order valence-corrected chi connectivity index (χ2v) is 5.86. The second-order valence-electron chi connectivity index (χ2n) is 3.74. The predicted octanol–water partition coefficient (Wildman–Crippen LogP) is 3.67. The van der Waals surface area contributed by atoms with Crippen molar-refractivity contribution in [1.82, 2.24) is 10.1 Å². The molecule has 0 amide bonds. The topological polar surface area (TPSA) is 64.9 Å². The van der Waals surface area contributed by atoms with Crippen LogP contribution in [0, 0.1) is 0 Å². The summed E-state index contributed by atoms with van der Waals surface area (Å²) in [6.07, 6.45) is 0.959. The van der Waals surface area contributed by atoms with E-state index in [1.54, 1.807) is 22.7 Å². The van der Waals surface area contributed by atoms with Crippen molar-refractivity contribution in [1.29, 1.82) is 0 Å². The van der Waals surface area contributed by atoms with Gasteiger partial charge in [-0.25, -0.2) is 0 Å². The molecule has 2 N–H and O–H groups in total. The maximum Gasteiger partial charge on any atom is 0.261 e. The van der Waals surface area contributed by atoms with Crippen LogP contribution >= 0.6 is 22.7 Å². The molecular weight excluding hydrogens is 266 g/mol. The number of nitrogens with zero attached hydrogens (tertiary/aromatic N) is 2. The third-order valence-electron chi connectivity index (χ3n) is 2.56. The summed E-state index contributed by atoms with van der Waals surface area (Å²) in [5.41, 5.74) is 6.81. The van der Waals surface area contributed by atoms with E-state index in [1.807, 2.05) is 23.6 Å². The molecule has 0 atom stereocenters. The van der Waals surface area contributed by atoms with E-state index in [0.29, 0.717) is 11.7 Å². The lowest BCUT2D eigenvalue weighted by molar-refractivity contribution is 0.433. The zero-order valence-electron chi connectivity index (χ0n) is 9.71. The minimum atomic E-state index is 0.492. The van der Waals surface area contributed by atoms with Crippen molar-refractivity contribution in [2.75, 3.05) is 5.73 Å². The highest BCUT2D eigenvalue weighted by Gasteiger charge is 2.15. The number of anilines is 1. The lowest BCUT2D eigenvalue weighted by Gasteiger charge is -1.88. The molecule has 0 saturated carbocycles. The number of thiophene rings is 2. The van der Waals surface area contributed by atoms with E-state index < -0.39 is 0 Å². The van der Waals surface area contributed by atoms with Gasteiger partial charge in [-0.1, -0.05) is 18.1 Å². The molecule has 0 aliphatic rings. The summed E-state index contributed by atoms with van der Waals surface area (Å²) in [6.45, 7) is 2.10. The molecule has 3 rings (SSSR count). The maximum absolute atomic E-state index is 5.97. The number of aromatic nitrogens is 2. The fourth-order valence-corrected chi connectivity index (χ4v) is 3.15. The van der Waals surface area contributed by atoms with Gasteiger partial charge in [-0.15, -0.1) is 22.7 Å². The minimum absolute atomic E-state index is 0.492. The van der Waals surface area contributed by atoms with Gasteiger partial charge in [0.25, 0.3) is 5.89 Å². The SMILES string of the molecule is CCc1cc(-c2nc(-c3cccs3)no2)c(N)s1. The Hall–Kier alpha value is -1.66. The van der Waals surface area contributed by atoms with Crippen molar-refractivity contribution in [3.8, 4) is 22.2 Å². The summed E-state index contributed by atoms with van der Waals surface area (Å²) in [5.74, 6) is 1.11. The lowest BCUT2D eigenvalue weighted by Crippen LogP contribution is -1.83. The largest absolute Gasteiger partial charge is 0.390 e. The first kappa shape index (κ1) is 11.4. The van der Waals surface area contributed by atoms with Crippen molar-refractivity contribution >= 4 is 27.7 Å². The van der Waals surface area contributed by atoms with E-state index in [0.717, 1.165) is 21.9 Å². The molecule has 0 saturated heterocycles. The summed E-state index contributed by atoms with van der Waals surface area (Å²) in [4.78, 5) is 6.61. The van der Waals surface area contributed by atoms with Crippen LogP contribution < -0.4 is 5.73 Å². The molecule has 18 heavy (non-hydrogen) atoms. The van der Waals surface area contributed by atoms with Gasteiger partial charge in [-0.2, -0.15) is 4.98 Å². The quantitative estimate of drug-likeness (QED) is 0.793. The van der Waals surface area contributed by atoms with Crippen LogP contribution in [0.5, 0.6) is 0 Å². The third-order valence-corrected chi connectivity index (χ3v) is 4.53. The van der Waals surface area contributed by atoms with Crippen LogP contribution in [-0.2, 0) is 6.42 Å². The molecule has 0 unspecified atom stereocenters. The van der Waals surface area contributed by atoms with E-state index in [-0.39, 0.29) is 0 Å². The zero-order valence-corrected chi connectivity index (χ0v) is 11.3. The van der Waals surface area contributed by atoms with E-state index >= 15 is 0 Å². The van der Waals surface area contributed by atoms with Crippen molar-refractivity contribution in [2.24, 2.45) is 0 Å². The summed E-state index contributed by atoms with van der Waals surface area (Å²) < 4.78 is 5.29. The molecule has 4 nitrogen and oxygen atoms in total. The molecule has 0 fully saturated rings. The van der Waals surface area contributed by atoms with Crippen LogP contribution in [0.3, 0.4) is 0 Å². The molecule has 0 bridgehead atoms. The first-order valence-electron chi connectivity index (χ1n) is 5.54. The van der Waals surface area contributed by atoms with Crippen LogP contribution in [0.4, 0.5) is 5.00 Å². The van der Waals surface area contributed by atoms with E-state index in [1.165, 1.54) is 4.88 Å². The fourth-order valence-electron chi connectivity index (χ4n) is 1.64. The molecular formula is C12H11N3OS2. The summed E-state index contributed by atoms with van der Waals surface area (Å²) >= 11 is 3.15. The monoisotopic (exact) mass is 277 g/mol. The summed E-state index contributed by atoms with van der Waals surface area (Å²) in [5, 5.41) is 6.70. The van der Waals surface area contributed by atoms with Gasteiger partial charge in [0.2, 0.25) is 5.82 Å². The van der Waals surface area contributed by atoms with E-state index in [9.17, 15) is 0 Å². The highest BCUT2D eigenvalue weighted by atomic mass is 32.1. The van der Waals surface area contributed by atoms with Gasteiger partial charge in [-0.3, -0.25) is 0 Å². The Morgan fingerprint density at radius 1 is 1.44 bits per heavy atom. The lowest BCUT2D eigenvalue weighted by atomic mass is 10.2. The van der Waals surface area contributed by atoms with Crippen LogP contribution in [-0.4, -0.2) is 10.1 Å². The number of nitrogen functional groups attached to an aromatic ring is 1. The van der Waals surface area contributed by atoms with Gasteiger partial charge in [0, 0.05) is 4.88 Å². The van der Waals surface area contributed by atoms with Crippen molar-refractivity contribution < 1.29 is 4.52 Å². The summed E-state index contributed by atoms with van der Waals surface area (Å²) in [7, 11) is 0. The molecule has 0 aliphatic heterocycles. The summed E-state index contributed by atoms with van der Waals surface area (Å²) in [6, 6.07) is 5.95. The van der Waals surface area contributed by atoms with Crippen molar-refractivity contribution in [3.05, 3.63) is 28.5 Å². The Balaban J connectivity index is 2.00. The fraction of sp³-hybridized carbons (Fsp3) is 0.167. The van der Waals surface area contributed by atoms with Crippen molar-refractivity contribution in [2.45, 2.75) is 13.3 Å². The molecule has 0 spiro atoms. The number of nitrogens with two attached hydrogens (primary N) is 1. The molecule has 6 heteroatoms. The van der Waals surface area contributed by atoms with E-state index in [4.69, 9.17) is 10.3 Å².